The molecule has 0 fully saturated rings. The van der Waals surface area contributed by atoms with Crippen LogP contribution in [0.4, 0.5) is 5.69 Å². The van der Waals surface area contributed by atoms with Crippen LogP contribution in [0.15, 0.2) is 53.8 Å². The molecule has 1 amide bonds. The van der Waals surface area contributed by atoms with Crippen molar-refractivity contribution in [1.82, 2.24) is 19.6 Å². The van der Waals surface area contributed by atoms with Gasteiger partial charge in [-0.3, -0.25) is 9.20 Å². The van der Waals surface area contributed by atoms with Crippen LogP contribution in [0.25, 0.3) is 16.7 Å². The Bertz CT molecular complexity index is 1140. The van der Waals surface area contributed by atoms with E-state index in [1.165, 1.54) is 11.8 Å². The third kappa shape index (κ3) is 3.38. The molecule has 1 N–H and O–H groups in total. The van der Waals surface area contributed by atoms with Crippen molar-refractivity contribution >= 4 is 40.0 Å². The van der Waals surface area contributed by atoms with Crippen molar-refractivity contribution in [3.63, 3.8) is 0 Å². The first-order valence-electron chi connectivity index (χ1n) is 8.77. The van der Waals surface area contributed by atoms with Crippen LogP contribution in [0.3, 0.4) is 0 Å². The number of benzene rings is 2. The SMILES string of the molecule is CCc1cccc(C)c1NC(=O)CSc1nc2ccccc2n2cnnc12. The van der Waals surface area contributed by atoms with Gasteiger partial charge in [-0.25, -0.2) is 4.98 Å². The largest absolute Gasteiger partial charge is 0.325 e. The lowest BCUT2D eigenvalue weighted by Gasteiger charge is -2.13. The summed E-state index contributed by atoms with van der Waals surface area (Å²) in [6, 6.07) is 13.9. The van der Waals surface area contributed by atoms with Crippen molar-refractivity contribution in [3.8, 4) is 0 Å². The van der Waals surface area contributed by atoms with Gasteiger partial charge in [-0.15, -0.1) is 10.2 Å². The van der Waals surface area contributed by atoms with Gasteiger partial charge in [-0.2, -0.15) is 0 Å². The van der Waals surface area contributed by atoms with Crippen LogP contribution < -0.4 is 5.32 Å². The average molecular weight is 377 g/mol. The molecule has 2 aromatic heterocycles. The van der Waals surface area contributed by atoms with E-state index < -0.39 is 0 Å². The quantitative estimate of drug-likeness (QED) is 0.535. The second-order valence-corrected chi connectivity index (χ2v) is 7.19. The van der Waals surface area contributed by atoms with E-state index in [1.807, 2.05) is 53.8 Å². The van der Waals surface area contributed by atoms with Gasteiger partial charge in [-0.05, 0) is 36.6 Å². The number of nitrogens with one attached hydrogen (secondary N) is 1. The van der Waals surface area contributed by atoms with E-state index in [4.69, 9.17) is 0 Å². The van der Waals surface area contributed by atoms with E-state index >= 15 is 0 Å². The summed E-state index contributed by atoms with van der Waals surface area (Å²) in [5.74, 6) is 0.197. The molecular weight excluding hydrogens is 358 g/mol. The van der Waals surface area contributed by atoms with E-state index in [-0.39, 0.29) is 11.7 Å². The predicted octanol–water partition coefficient (Wildman–Crippen LogP) is 3.88. The summed E-state index contributed by atoms with van der Waals surface area (Å²) in [6.07, 6.45) is 2.54. The third-order valence-corrected chi connectivity index (χ3v) is 5.40. The summed E-state index contributed by atoms with van der Waals surface area (Å²) in [5, 5.41) is 11.9. The number of thioether (sulfide) groups is 1. The van der Waals surface area contributed by atoms with E-state index in [2.05, 4.69) is 27.4 Å². The van der Waals surface area contributed by atoms with Gasteiger partial charge in [0.05, 0.1) is 16.8 Å². The molecule has 6 nitrogen and oxygen atoms in total. The summed E-state index contributed by atoms with van der Waals surface area (Å²) in [5.41, 5.74) is 5.56. The molecule has 2 aromatic carbocycles. The van der Waals surface area contributed by atoms with Gasteiger partial charge in [0.15, 0.2) is 5.65 Å². The first-order chi connectivity index (χ1) is 13.2. The lowest BCUT2D eigenvalue weighted by Crippen LogP contribution is -2.16. The Hall–Kier alpha value is -2.93. The van der Waals surface area contributed by atoms with Crippen LogP contribution in [0.1, 0.15) is 18.1 Å². The highest BCUT2D eigenvalue weighted by molar-refractivity contribution is 8.00. The zero-order valence-electron chi connectivity index (χ0n) is 15.1. The fourth-order valence-corrected chi connectivity index (χ4v) is 3.86. The Morgan fingerprint density at radius 1 is 1.19 bits per heavy atom. The molecule has 0 radical (unpaired) electrons. The Balaban J connectivity index is 1.57. The van der Waals surface area contributed by atoms with Gasteiger partial charge in [0, 0.05) is 5.69 Å². The molecule has 27 heavy (non-hydrogen) atoms. The predicted molar refractivity (Wildman–Crippen MR) is 108 cm³/mol. The van der Waals surface area contributed by atoms with Gasteiger partial charge < -0.3 is 5.32 Å². The molecule has 0 spiro atoms. The topological polar surface area (TPSA) is 72.2 Å². The Morgan fingerprint density at radius 2 is 2.04 bits per heavy atom. The minimum absolute atomic E-state index is 0.0587. The van der Waals surface area contributed by atoms with Crippen LogP contribution >= 0.6 is 11.8 Å². The summed E-state index contributed by atoms with van der Waals surface area (Å²) >= 11 is 1.37. The highest BCUT2D eigenvalue weighted by Crippen LogP contribution is 2.25. The molecule has 2 heterocycles. The molecular formula is C20H19N5OS. The van der Waals surface area contributed by atoms with Crippen LogP contribution in [0.5, 0.6) is 0 Å². The van der Waals surface area contributed by atoms with Crippen molar-refractivity contribution in [2.24, 2.45) is 0 Å². The fourth-order valence-electron chi connectivity index (χ4n) is 3.09. The Labute approximate surface area is 161 Å². The van der Waals surface area contributed by atoms with Crippen LogP contribution in [-0.2, 0) is 11.2 Å². The molecule has 7 heteroatoms. The first kappa shape index (κ1) is 17.5. The number of carbonyl (C=O) groups excluding carboxylic acids is 1. The van der Waals surface area contributed by atoms with Gasteiger partial charge in [0.2, 0.25) is 5.91 Å². The molecule has 0 aliphatic rings. The smallest absolute Gasteiger partial charge is 0.234 e. The van der Waals surface area contributed by atoms with E-state index in [0.29, 0.717) is 10.7 Å². The molecule has 4 aromatic rings. The van der Waals surface area contributed by atoms with Crippen LogP contribution in [0.2, 0.25) is 0 Å². The number of carbonyl (C=O) groups is 1. The van der Waals surface area contributed by atoms with Gasteiger partial charge >= 0.3 is 0 Å². The molecule has 136 valence electrons. The maximum atomic E-state index is 12.5. The molecule has 0 bridgehead atoms. The average Bonchev–Trinajstić information content (AvgIpc) is 3.18. The van der Waals surface area contributed by atoms with E-state index in [1.54, 1.807) is 6.33 Å². The lowest BCUT2D eigenvalue weighted by molar-refractivity contribution is -0.113. The van der Waals surface area contributed by atoms with Gasteiger partial charge in [-0.1, -0.05) is 49.0 Å². The number of nitrogens with zero attached hydrogens (tertiary/aromatic N) is 4. The highest BCUT2D eigenvalue weighted by Gasteiger charge is 2.14. The van der Waals surface area contributed by atoms with Crippen molar-refractivity contribution in [1.29, 1.82) is 0 Å². The van der Waals surface area contributed by atoms with Crippen molar-refractivity contribution in [2.45, 2.75) is 25.3 Å². The fraction of sp³-hybridized carbons (Fsp3) is 0.200. The maximum Gasteiger partial charge on any atom is 0.234 e. The summed E-state index contributed by atoms with van der Waals surface area (Å²) in [6.45, 7) is 4.09. The lowest BCUT2D eigenvalue weighted by atomic mass is 10.1. The summed E-state index contributed by atoms with van der Waals surface area (Å²) in [4.78, 5) is 17.2. The number of fused-ring (bicyclic) bond motifs is 3. The number of hydrogen-bond donors (Lipinski definition) is 1. The summed E-state index contributed by atoms with van der Waals surface area (Å²) < 4.78 is 1.90. The molecule has 0 aliphatic carbocycles. The minimum Gasteiger partial charge on any atom is -0.325 e. The molecule has 0 saturated heterocycles. The summed E-state index contributed by atoms with van der Waals surface area (Å²) in [7, 11) is 0. The Morgan fingerprint density at radius 3 is 2.89 bits per heavy atom. The molecule has 0 saturated carbocycles. The number of aromatic nitrogens is 4. The Kier molecular flexibility index (Phi) is 4.77. The van der Waals surface area contributed by atoms with Crippen LogP contribution in [-0.4, -0.2) is 31.2 Å². The standard InChI is InChI=1S/C20H19N5OS/c1-3-14-8-6-7-13(2)18(14)23-17(26)11-27-20-19-24-21-12-25(19)16-10-5-4-9-15(16)22-20/h4-10,12H,3,11H2,1-2H3,(H,23,26). The third-order valence-electron chi connectivity index (χ3n) is 4.45. The molecule has 0 aliphatic heterocycles. The van der Waals surface area contributed by atoms with Crippen LogP contribution in [0, 0.1) is 6.92 Å². The number of hydrogen-bond acceptors (Lipinski definition) is 5. The zero-order valence-corrected chi connectivity index (χ0v) is 16.0. The van der Waals surface area contributed by atoms with E-state index in [0.717, 1.165) is 34.3 Å². The van der Waals surface area contributed by atoms with E-state index in [9.17, 15) is 4.79 Å². The van der Waals surface area contributed by atoms with Gasteiger partial charge in [0.1, 0.15) is 11.4 Å². The number of aryl methyl sites for hydroxylation is 2. The maximum absolute atomic E-state index is 12.5. The monoisotopic (exact) mass is 377 g/mol. The number of amides is 1. The van der Waals surface area contributed by atoms with Crippen molar-refractivity contribution < 1.29 is 4.79 Å². The van der Waals surface area contributed by atoms with Gasteiger partial charge in [0.25, 0.3) is 0 Å². The highest BCUT2D eigenvalue weighted by atomic mass is 32.2. The minimum atomic E-state index is -0.0587. The molecule has 0 atom stereocenters. The first-order valence-corrected chi connectivity index (χ1v) is 9.75. The zero-order chi connectivity index (χ0) is 18.8. The molecule has 4 rings (SSSR count). The number of anilines is 1. The molecule has 0 unspecified atom stereocenters. The second-order valence-electron chi connectivity index (χ2n) is 6.23. The second kappa shape index (κ2) is 7.36. The number of rotatable bonds is 5. The van der Waals surface area contributed by atoms with Crippen molar-refractivity contribution in [2.75, 3.05) is 11.1 Å². The van der Waals surface area contributed by atoms with Crippen molar-refractivity contribution in [3.05, 3.63) is 59.9 Å². The normalized spacial score (nSPS) is 11.2. The number of para-hydroxylation sites is 3.